The molecule has 9 heteroatoms. The number of amides is 1. The van der Waals surface area contributed by atoms with Gasteiger partial charge in [0.05, 0.1) is 23.8 Å². The molecule has 1 fully saturated rings. The third kappa shape index (κ3) is 3.54. The fourth-order valence-corrected chi connectivity index (χ4v) is 4.81. The Labute approximate surface area is 151 Å². The number of nitrogens with two attached hydrogens (primary N) is 1. The van der Waals surface area contributed by atoms with E-state index in [0.717, 1.165) is 0 Å². The van der Waals surface area contributed by atoms with E-state index in [1.807, 2.05) is 0 Å². The van der Waals surface area contributed by atoms with Crippen molar-refractivity contribution in [2.45, 2.75) is 31.9 Å². The second kappa shape index (κ2) is 7.76. The normalized spacial score (nSPS) is 26.4. The quantitative estimate of drug-likeness (QED) is 0.271. The minimum Gasteiger partial charge on any atom is -0.477 e. The summed E-state index contributed by atoms with van der Waals surface area (Å²) >= 11 is 1.29. The Morgan fingerprint density at radius 2 is 2.12 bits per heavy atom. The third-order valence-corrected chi connectivity index (χ3v) is 5.98. The van der Waals surface area contributed by atoms with Gasteiger partial charge >= 0.3 is 5.97 Å². The van der Waals surface area contributed by atoms with Gasteiger partial charge in [-0.2, -0.15) is 0 Å². The van der Waals surface area contributed by atoms with E-state index in [1.54, 1.807) is 25.9 Å². The van der Waals surface area contributed by atoms with Gasteiger partial charge in [0.15, 0.2) is 0 Å². The Balaban J connectivity index is 2.34. The maximum absolute atomic E-state index is 12.4. The number of amidine groups is 1. The monoisotopic (exact) mass is 370 g/mol. The Hall–Kier alpha value is -1.58. The predicted molar refractivity (Wildman–Crippen MR) is 96.1 cm³/mol. The van der Waals surface area contributed by atoms with Gasteiger partial charge < -0.3 is 25.7 Å². The first-order valence-corrected chi connectivity index (χ1v) is 9.27. The highest BCUT2D eigenvalue weighted by molar-refractivity contribution is 8.03. The molecule has 0 aromatic carbocycles. The molecule has 0 radical (unpaired) electrons. The molecular formula is C16H26N4O4S. The largest absolute Gasteiger partial charge is 0.477 e. The number of aliphatic carboxylic acids is 1. The fraction of sp³-hybridized carbons (Fsp3) is 0.688. The number of thioether (sulfide) groups is 1. The van der Waals surface area contributed by atoms with E-state index in [-0.39, 0.29) is 23.6 Å². The average molecular weight is 370 g/mol. The van der Waals surface area contributed by atoms with E-state index < -0.39 is 18.0 Å². The smallest absolute Gasteiger partial charge is 0.353 e. The number of carbonyl (C=O) groups excluding carboxylic acids is 1. The number of nitrogens with zero attached hydrogens (tertiary/aromatic N) is 2. The molecule has 0 aromatic heterocycles. The van der Waals surface area contributed by atoms with Gasteiger partial charge in [-0.15, -0.1) is 11.8 Å². The van der Waals surface area contributed by atoms with Crippen molar-refractivity contribution in [3.8, 4) is 0 Å². The molecule has 0 aromatic rings. The summed E-state index contributed by atoms with van der Waals surface area (Å²) in [7, 11) is 3.52. The second-order valence-electron chi connectivity index (χ2n) is 6.65. The lowest BCUT2D eigenvalue weighted by Gasteiger charge is -2.47. The summed E-state index contributed by atoms with van der Waals surface area (Å²) in [6, 6.07) is -0.332. The van der Waals surface area contributed by atoms with Crippen LogP contribution in [-0.2, 0) is 9.59 Å². The highest BCUT2D eigenvalue weighted by Crippen LogP contribution is 2.52. The van der Waals surface area contributed by atoms with Crippen LogP contribution in [0.3, 0.4) is 0 Å². The van der Waals surface area contributed by atoms with Crippen LogP contribution < -0.4 is 5.73 Å². The number of carboxylic acids is 1. The number of aliphatic hydroxyl groups excluding tert-OH is 1. The van der Waals surface area contributed by atoms with Gasteiger partial charge in [0.1, 0.15) is 11.5 Å². The number of β-lactam (4-membered cyclic amide) rings is 1. The van der Waals surface area contributed by atoms with Crippen LogP contribution in [0.2, 0.25) is 0 Å². The van der Waals surface area contributed by atoms with Crippen LogP contribution in [0.4, 0.5) is 0 Å². The number of rotatable bonds is 8. The first kappa shape index (κ1) is 19.7. The molecule has 25 heavy (non-hydrogen) atoms. The van der Waals surface area contributed by atoms with Gasteiger partial charge in [-0.3, -0.25) is 10.2 Å². The van der Waals surface area contributed by atoms with Crippen molar-refractivity contribution in [1.29, 1.82) is 5.41 Å². The summed E-state index contributed by atoms with van der Waals surface area (Å²) in [4.78, 5) is 27.8. The summed E-state index contributed by atoms with van der Waals surface area (Å²) in [5.41, 5.74) is 5.62. The van der Waals surface area contributed by atoms with Crippen LogP contribution in [-0.4, -0.2) is 76.3 Å². The van der Waals surface area contributed by atoms with E-state index in [1.165, 1.54) is 16.7 Å². The highest BCUT2D eigenvalue weighted by atomic mass is 32.2. The molecule has 0 bridgehead atoms. The minimum atomic E-state index is -1.14. The van der Waals surface area contributed by atoms with E-state index >= 15 is 0 Å². The fourth-order valence-electron chi connectivity index (χ4n) is 3.46. The molecule has 140 valence electrons. The standard InChI is InChI=1S/C16H26N4O4S/c1-8(21)11-12-9(5-4-6-17)14(25-7-10(18)19(2)3)13(16(23)24)20(12)15(11)22/h8-9,11-12,18,21H,4-7,17H2,1-3H3,(H,23,24)/t8-,9-,11-,12-/m1/s1. The van der Waals surface area contributed by atoms with Crippen molar-refractivity contribution < 1.29 is 19.8 Å². The van der Waals surface area contributed by atoms with Crippen LogP contribution in [0, 0.1) is 17.2 Å². The second-order valence-corrected chi connectivity index (χ2v) is 7.67. The third-order valence-electron chi connectivity index (χ3n) is 4.76. The molecule has 2 heterocycles. The van der Waals surface area contributed by atoms with Crippen molar-refractivity contribution >= 4 is 29.5 Å². The summed E-state index contributed by atoms with van der Waals surface area (Å²) in [5, 5.41) is 27.5. The summed E-state index contributed by atoms with van der Waals surface area (Å²) in [6.45, 7) is 2.04. The summed E-state index contributed by atoms with van der Waals surface area (Å²) in [5.74, 6) is -1.53. The Bertz CT molecular complexity index is 605. The average Bonchev–Trinajstić information content (AvgIpc) is 2.79. The van der Waals surface area contributed by atoms with Crippen molar-refractivity contribution in [3.63, 3.8) is 0 Å². The number of fused-ring (bicyclic) bond motifs is 1. The van der Waals surface area contributed by atoms with Gasteiger partial charge in [-0.05, 0) is 26.3 Å². The zero-order valence-electron chi connectivity index (χ0n) is 14.7. The van der Waals surface area contributed by atoms with E-state index in [4.69, 9.17) is 11.1 Å². The van der Waals surface area contributed by atoms with E-state index in [2.05, 4.69) is 0 Å². The minimum absolute atomic E-state index is 0.00507. The first-order valence-electron chi connectivity index (χ1n) is 8.28. The number of aliphatic hydroxyl groups is 1. The topological polar surface area (TPSA) is 131 Å². The van der Waals surface area contributed by atoms with Crippen molar-refractivity contribution in [2.24, 2.45) is 17.6 Å². The van der Waals surface area contributed by atoms with Gasteiger partial charge in [0.25, 0.3) is 0 Å². The predicted octanol–water partition coefficient (Wildman–Crippen LogP) is 0.131. The van der Waals surface area contributed by atoms with Crippen LogP contribution in [0.1, 0.15) is 19.8 Å². The van der Waals surface area contributed by atoms with Gasteiger partial charge in [-0.1, -0.05) is 0 Å². The number of nitrogens with one attached hydrogen (secondary N) is 1. The lowest BCUT2D eigenvalue weighted by molar-refractivity contribution is -0.163. The van der Waals surface area contributed by atoms with Crippen molar-refractivity contribution in [2.75, 3.05) is 26.4 Å². The zero-order valence-corrected chi connectivity index (χ0v) is 15.5. The lowest BCUT2D eigenvalue weighted by atomic mass is 9.77. The maximum atomic E-state index is 12.4. The number of hydrogen-bond acceptors (Lipinski definition) is 6. The Morgan fingerprint density at radius 1 is 1.48 bits per heavy atom. The molecule has 2 aliphatic rings. The molecule has 2 rings (SSSR count). The molecule has 2 aliphatic heterocycles. The van der Waals surface area contributed by atoms with Crippen LogP contribution in [0.5, 0.6) is 0 Å². The maximum Gasteiger partial charge on any atom is 0.353 e. The molecule has 8 nitrogen and oxygen atoms in total. The van der Waals surface area contributed by atoms with Crippen molar-refractivity contribution in [1.82, 2.24) is 9.80 Å². The summed E-state index contributed by atoms with van der Waals surface area (Å²) in [6.07, 6.45) is 0.536. The molecule has 0 saturated carbocycles. The SMILES string of the molecule is C[C@@H](O)[C@H]1C(=O)N2C(C(=O)O)=C(SCC(=N)N(C)C)[C@H](CCCN)[C@H]12. The lowest BCUT2D eigenvalue weighted by Crippen LogP contribution is -2.63. The molecule has 1 saturated heterocycles. The van der Waals surface area contributed by atoms with E-state index in [0.29, 0.717) is 35.9 Å². The Morgan fingerprint density at radius 3 is 2.60 bits per heavy atom. The molecular weight excluding hydrogens is 344 g/mol. The highest BCUT2D eigenvalue weighted by Gasteiger charge is 2.60. The van der Waals surface area contributed by atoms with E-state index in [9.17, 15) is 19.8 Å². The molecule has 5 N–H and O–H groups in total. The molecule has 1 amide bonds. The van der Waals surface area contributed by atoms with Gasteiger partial charge in [0.2, 0.25) is 5.91 Å². The first-order chi connectivity index (χ1) is 11.7. The number of hydrogen-bond donors (Lipinski definition) is 4. The zero-order chi connectivity index (χ0) is 18.9. The van der Waals surface area contributed by atoms with Crippen LogP contribution >= 0.6 is 11.8 Å². The van der Waals surface area contributed by atoms with Crippen LogP contribution in [0.25, 0.3) is 0 Å². The molecule has 0 spiro atoms. The molecule has 4 atom stereocenters. The molecule has 0 unspecified atom stereocenters. The van der Waals surface area contributed by atoms with Gasteiger partial charge in [-0.25, -0.2) is 4.79 Å². The number of carbonyl (C=O) groups is 2. The van der Waals surface area contributed by atoms with Crippen molar-refractivity contribution in [3.05, 3.63) is 10.6 Å². The van der Waals surface area contributed by atoms with Gasteiger partial charge in [0, 0.05) is 24.9 Å². The summed E-state index contributed by atoms with van der Waals surface area (Å²) < 4.78 is 0. The molecule has 0 aliphatic carbocycles. The number of carboxylic acid groups (broad SMARTS) is 1. The Kier molecular flexibility index (Phi) is 6.12. The van der Waals surface area contributed by atoms with Crippen LogP contribution in [0.15, 0.2) is 10.6 Å².